The van der Waals surface area contributed by atoms with Crippen molar-refractivity contribution in [2.75, 3.05) is 37.6 Å². The van der Waals surface area contributed by atoms with Crippen LogP contribution in [0.25, 0.3) is 6.08 Å². The van der Waals surface area contributed by atoms with Crippen LogP contribution in [0.2, 0.25) is 0 Å². The molecule has 1 amide bonds. The van der Waals surface area contributed by atoms with E-state index < -0.39 is 0 Å². The van der Waals surface area contributed by atoms with Gasteiger partial charge in [-0.25, -0.2) is 9.97 Å². The Kier molecular flexibility index (Phi) is 9.78. The second-order valence-electron chi connectivity index (χ2n) is 10.2. The van der Waals surface area contributed by atoms with Crippen molar-refractivity contribution in [3.63, 3.8) is 0 Å². The van der Waals surface area contributed by atoms with Crippen LogP contribution in [-0.4, -0.2) is 58.5 Å². The Morgan fingerprint density at radius 1 is 0.951 bits per heavy atom. The molecule has 1 N–H and O–H groups in total. The highest BCUT2D eigenvalue weighted by atomic mass is 32.2. The second kappa shape index (κ2) is 14.1. The topological polar surface area (TPSA) is 74.2 Å². The number of thioether (sulfide) groups is 1. The molecule has 0 bridgehead atoms. The number of benzene rings is 2. The molecule has 0 unspecified atom stereocenters. The summed E-state index contributed by atoms with van der Waals surface area (Å²) < 4.78 is 0. The number of aromatic nitrogens is 3. The van der Waals surface area contributed by atoms with Crippen molar-refractivity contribution in [3.8, 4) is 0 Å². The summed E-state index contributed by atoms with van der Waals surface area (Å²) in [5, 5.41) is 3.74. The van der Waals surface area contributed by atoms with Gasteiger partial charge >= 0.3 is 0 Å². The molecular formula is C33H36N6OS. The SMILES string of the molecule is Cc1nc(SCc2cccc(C(=O)NCc3cccnc3)c2)nc(N2CCN(CC=Cc3ccccc3)CC2)c1C. The third-order valence-electron chi connectivity index (χ3n) is 7.22. The lowest BCUT2D eigenvalue weighted by molar-refractivity contribution is 0.0951. The van der Waals surface area contributed by atoms with E-state index in [-0.39, 0.29) is 5.91 Å². The number of nitrogens with one attached hydrogen (secondary N) is 1. The van der Waals surface area contributed by atoms with Crippen molar-refractivity contribution in [2.24, 2.45) is 0 Å². The number of piperazine rings is 1. The maximum Gasteiger partial charge on any atom is 0.251 e. The number of pyridine rings is 1. The van der Waals surface area contributed by atoms with Crippen molar-refractivity contribution in [3.05, 3.63) is 119 Å². The van der Waals surface area contributed by atoms with Crippen LogP contribution in [0.1, 0.15) is 38.3 Å². The predicted molar refractivity (Wildman–Crippen MR) is 167 cm³/mol. The molecule has 1 fully saturated rings. The highest BCUT2D eigenvalue weighted by molar-refractivity contribution is 7.98. The maximum absolute atomic E-state index is 12.7. The van der Waals surface area contributed by atoms with E-state index in [9.17, 15) is 4.79 Å². The van der Waals surface area contributed by atoms with E-state index in [1.54, 1.807) is 24.2 Å². The highest BCUT2D eigenvalue weighted by Gasteiger charge is 2.21. The first-order chi connectivity index (χ1) is 20.0. The number of anilines is 1. The minimum atomic E-state index is -0.0971. The first-order valence-corrected chi connectivity index (χ1v) is 15.0. The molecule has 4 aromatic rings. The minimum Gasteiger partial charge on any atom is -0.354 e. The standard InChI is InChI=1S/C33H36N6OS/c1-25-26(2)36-33(37-31(25)39-19-17-38(18-20-39)16-8-13-27-9-4-3-5-10-27)41-24-28-11-6-14-30(21-28)32(40)35-23-29-12-7-15-34-22-29/h3-15,21-22H,16-20,23-24H2,1-2H3,(H,35,40). The van der Waals surface area contributed by atoms with E-state index in [1.165, 1.54) is 5.56 Å². The predicted octanol–water partition coefficient (Wildman–Crippen LogP) is 5.55. The van der Waals surface area contributed by atoms with Crippen LogP contribution in [0.5, 0.6) is 0 Å². The van der Waals surface area contributed by atoms with Gasteiger partial charge in [0.25, 0.3) is 5.91 Å². The third kappa shape index (κ3) is 8.02. The van der Waals surface area contributed by atoms with Gasteiger partial charge in [0.2, 0.25) is 0 Å². The average Bonchev–Trinajstić information content (AvgIpc) is 3.02. The molecule has 210 valence electrons. The number of hydrogen-bond acceptors (Lipinski definition) is 7. The van der Waals surface area contributed by atoms with Crippen molar-refractivity contribution in [2.45, 2.75) is 31.3 Å². The van der Waals surface area contributed by atoms with Gasteiger partial charge in [-0.2, -0.15) is 0 Å². The van der Waals surface area contributed by atoms with Gasteiger partial charge in [-0.1, -0.05) is 72.4 Å². The molecule has 1 aliphatic heterocycles. The number of nitrogens with zero attached hydrogens (tertiary/aromatic N) is 5. The Morgan fingerprint density at radius 3 is 2.54 bits per heavy atom. The van der Waals surface area contributed by atoms with Crippen LogP contribution in [0.3, 0.4) is 0 Å². The van der Waals surface area contributed by atoms with E-state index in [4.69, 9.17) is 9.97 Å². The van der Waals surface area contributed by atoms with Crippen LogP contribution >= 0.6 is 11.8 Å². The fraction of sp³-hybridized carbons (Fsp3) is 0.273. The molecular weight excluding hydrogens is 528 g/mol. The van der Waals surface area contributed by atoms with Gasteiger partial charge in [0.15, 0.2) is 5.16 Å². The fourth-order valence-corrected chi connectivity index (χ4v) is 5.57. The van der Waals surface area contributed by atoms with Gasteiger partial charge < -0.3 is 10.2 Å². The molecule has 2 aromatic carbocycles. The van der Waals surface area contributed by atoms with Gasteiger partial charge in [-0.15, -0.1) is 0 Å². The third-order valence-corrected chi connectivity index (χ3v) is 8.14. The number of amides is 1. The molecule has 5 rings (SSSR count). The summed E-state index contributed by atoms with van der Waals surface area (Å²) in [6.45, 7) is 9.45. The lowest BCUT2D eigenvalue weighted by atomic mass is 10.1. The molecule has 1 saturated heterocycles. The highest BCUT2D eigenvalue weighted by Crippen LogP contribution is 2.27. The molecule has 0 atom stereocenters. The van der Waals surface area contributed by atoms with Gasteiger partial charge in [0, 0.05) is 74.2 Å². The Labute approximate surface area is 246 Å². The molecule has 2 aromatic heterocycles. The zero-order valence-electron chi connectivity index (χ0n) is 23.7. The molecule has 1 aliphatic rings. The summed E-state index contributed by atoms with van der Waals surface area (Å²) in [4.78, 5) is 31.4. The Bertz CT molecular complexity index is 1470. The van der Waals surface area contributed by atoms with Crippen molar-refractivity contribution >= 4 is 29.6 Å². The zero-order valence-corrected chi connectivity index (χ0v) is 24.5. The van der Waals surface area contributed by atoms with Gasteiger partial charge in [0.05, 0.1) is 0 Å². The van der Waals surface area contributed by atoms with Crippen LogP contribution in [-0.2, 0) is 12.3 Å². The first kappa shape index (κ1) is 28.5. The molecule has 0 aliphatic carbocycles. The van der Waals surface area contributed by atoms with E-state index in [1.807, 2.05) is 42.5 Å². The normalized spacial score (nSPS) is 14.0. The quantitative estimate of drug-likeness (QED) is 0.200. The smallest absolute Gasteiger partial charge is 0.251 e. The lowest BCUT2D eigenvalue weighted by Gasteiger charge is -2.35. The Hall–Kier alpha value is -4.01. The largest absolute Gasteiger partial charge is 0.354 e. The van der Waals surface area contributed by atoms with Crippen molar-refractivity contribution < 1.29 is 4.79 Å². The molecule has 0 radical (unpaired) electrons. The van der Waals surface area contributed by atoms with Crippen LogP contribution in [0.4, 0.5) is 5.82 Å². The van der Waals surface area contributed by atoms with E-state index in [2.05, 4.69) is 70.4 Å². The second-order valence-corrected chi connectivity index (χ2v) is 11.1. The number of carbonyl (C=O) groups excluding carboxylic acids is 1. The van der Waals surface area contributed by atoms with E-state index >= 15 is 0 Å². The Balaban J connectivity index is 1.16. The summed E-state index contributed by atoms with van der Waals surface area (Å²) in [5.74, 6) is 1.62. The molecule has 0 saturated carbocycles. The van der Waals surface area contributed by atoms with Crippen LogP contribution in [0.15, 0.2) is 90.4 Å². The van der Waals surface area contributed by atoms with E-state index in [0.29, 0.717) is 17.9 Å². The molecule has 3 heterocycles. The minimum absolute atomic E-state index is 0.0971. The Morgan fingerprint density at radius 2 is 1.76 bits per heavy atom. The molecule has 41 heavy (non-hydrogen) atoms. The fourth-order valence-electron chi connectivity index (χ4n) is 4.74. The van der Waals surface area contributed by atoms with Crippen LogP contribution in [0, 0.1) is 13.8 Å². The average molecular weight is 565 g/mol. The van der Waals surface area contributed by atoms with Gasteiger partial charge in [0.1, 0.15) is 5.82 Å². The first-order valence-electron chi connectivity index (χ1n) is 14.0. The zero-order chi connectivity index (χ0) is 28.4. The summed E-state index contributed by atoms with van der Waals surface area (Å²) in [6.07, 6.45) is 7.93. The molecule has 8 heteroatoms. The number of carbonyl (C=O) groups is 1. The number of rotatable bonds is 10. The number of hydrogen-bond donors (Lipinski definition) is 1. The molecule has 7 nitrogen and oxygen atoms in total. The summed E-state index contributed by atoms with van der Waals surface area (Å²) in [5.41, 5.74) is 6.05. The van der Waals surface area contributed by atoms with Gasteiger partial charge in [-0.3, -0.25) is 14.7 Å². The summed E-state index contributed by atoms with van der Waals surface area (Å²) in [6, 6.07) is 22.0. The molecule has 0 spiro atoms. The summed E-state index contributed by atoms with van der Waals surface area (Å²) in [7, 11) is 0. The maximum atomic E-state index is 12.7. The van der Waals surface area contributed by atoms with Crippen LogP contribution < -0.4 is 10.2 Å². The monoisotopic (exact) mass is 564 g/mol. The van der Waals surface area contributed by atoms with Crippen molar-refractivity contribution in [1.29, 1.82) is 0 Å². The number of aryl methyl sites for hydroxylation is 1. The van der Waals surface area contributed by atoms with Crippen molar-refractivity contribution in [1.82, 2.24) is 25.2 Å². The lowest BCUT2D eigenvalue weighted by Crippen LogP contribution is -2.47. The summed E-state index contributed by atoms with van der Waals surface area (Å²) >= 11 is 1.61. The van der Waals surface area contributed by atoms with E-state index in [0.717, 1.165) is 66.1 Å². The van der Waals surface area contributed by atoms with Gasteiger partial charge in [-0.05, 0) is 48.7 Å².